The van der Waals surface area contributed by atoms with Crippen LogP contribution in [0.3, 0.4) is 0 Å². The average Bonchev–Trinajstić information content (AvgIpc) is 2.35. The van der Waals surface area contributed by atoms with Gasteiger partial charge < -0.3 is 28.4 Å². The van der Waals surface area contributed by atoms with Crippen LogP contribution in [0.15, 0.2) is 0 Å². The summed E-state index contributed by atoms with van der Waals surface area (Å²) in [6, 6.07) is 0. The third-order valence-corrected chi connectivity index (χ3v) is 2.25. The summed E-state index contributed by atoms with van der Waals surface area (Å²) >= 11 is 0. The van der Waals surface area contributed by atoms with E-state index in [-0.39, 0.29) is 6.61 Å². The molecule has 0 spiro atoms. The fourth-order valence-electron chi connectivity index (χ4n) is 1.06. The van der Waals surface area contributed by atoms with Crippen LogP contribution >= 0.6 is 0 Å². The third-order valence-electron chi connectivity index (χ3n) is 2.25. The van der Waals surface area contributed by atoms with Gasteiger partial charge in [0.05, 0.1) is 0 Å². The Hall–Kier alpha value is -0.280. The molecule has 0 bridgehead atoms. The van der Waals surface area contributed by atoms with Crippen LogP contribution in [0.25, 0.3) is 0 Å². The monoisotopic (exact) mass is 267 g/mol. The molecule has 0 fully saturated rings. The summed E-state index contributed by atoms with van der Waals surface area (Å²) < 4.78 is 31.1. The van der Waals surface area contributed by atoms with Crippen LogP contribution in [0.4, 0.5) is 0 Å². The summed E-state index contributed by atoms with van der Waals surface area (Å²) in [5, 5.41) is 0. The Morgan fingerprint density at radius 1 is 0.833 bits per heavy atom. The van der Waals surface area contributed by atoms with Gasteiger partial charge in [0, 0.05) is 21.3 Å². The molecule has 0 amide bonds. The van der Waals surface area contributed by atoms with E-state index in [4.69, 9.17) is 34.2 Å². The minimum atomic E-state index is -1.47. The molecule has 18 heavy (non-hydrogen) atoms. The summed E-state index contributed by atoms with van der Waals surface area (Å²) in [5.41, 5.74) is 5.97. The lowest BCUT2D eigenvalue weighted by Crippen LogP contribution is -2.54. The SMILES string of the molecule is COC(C)OCC(N)(OC(C)OC)OC(C)OC. The van der Waals surface area contributed by atoms with Gasteiger partial charge in [-0.1, -0.05) is 0 Å². The lowest BCUT2D eigenvalue weighted by atomic mass is 10.5. The molecule has 0 rings (SSSR count). The fourth-order valence-corrected chi connectivity index (χ4v) is 1.06. The lowest BCUT2D eigenvalue weighted by molar-refractivity contribution is -0.358. The van der Waals surface area contributed by atoms with Gasteiger partial charge in [-0.3, -0.25) is 5.73 Å². The normalized spacial score (nSPS) is 20.2. The van der Waals surface area contributed by atoms with Crippen LogP contribution in [0.2, 0.25) is 0 Å². The van der Waals surface area contributed by atoms with E-state index in [1.54, 1.807) is 20.8 Å². The number of nitrogens with two attached hydrogens (primary N) is 1. The Morgan fingerprint density at radius 3 is 1.56 bits per heavy atom. The molecule has 2 N–H and O–H groups in total. The molecular weight excluding hydrogens is 242 g/mol. The van der Waals surface area contributed by atoms with Crippen LogP contribution in [-0.4, -0.2) is 52.7 Å². The maximum atomic E-state index is 5.97. The number of rotatable bonds is 10. The molecule has 7 nitrogen and oxygen atoms in total. The standard InChI is InChI=1S/C11H25NO6/c1-8(13-4)16-7-11(12,17-9(2)14-5)18-10(3)15-6/h8-10H,7,12H2,1-6H3. The molecule has 0 aromatic carbocycles. The quantitative estimate of drug-likeness (QED) is 0.581. The van der Waals surface area contributed by atoms with Gasteiger partial charge >= 0.3 is 0 Å². The highest BCUT2D eigenvalue weighted by molar-refractivity contribution is 4.62. The number of ether oxygens (including phenoxy) is 6. The third kappa shape index (κ3) is 7.22. The van der Waals surface area contributed by atoms with Crippen molar-refractivity contribution in [3.8, 4) is 0 Å². The first-order valence-corrected chi connectivity index (χ1v) is 5.71. The molecule has 0 aliphatic heterocycles. The van der Waals surface area contributed by atoms with E-state index in [9.17, 15) is 0 Å². The van der Waals surface area contributed by atoms with Gasteiger partial charge in [-0.05, 0) is 20.8 Å². The van der Waals surface area contributed by atoms with E-state index < -0.39 is 24.8 Å². The molecule has 3 atom stereocenters. The first kappa shape index (κ1) is 17.7. The second kappa shape index (κ2) is 8.76. The van der Waals surface area contributed by atoms with Crippen molar-refractivity contribution in [1.29, 1.82) is 0 Å². The smallest absolute Gasteiger partial charge is 0.254 e. The van der Waals surface area contributed by atoms with E-state index in [0.717, 1.165) is 0 Å². The predicted molar refractivity (Wildman–Crippen MR) is 64.5 cm³/mol. The number of hydrogen-bond acceptors (Lipinski definition) is 7. The topological polar surface area (TPSA) is 81.4 Å². The number of methoxy groups -OCH3 is 3. The van der Waals surface area contributed by atoms with Crippen molar-refractivity contribution in [2.75, 3.05) is 27.9 Å². The Kier molecular flexibility index (Phi) is 8.62. The fraction of sp³-hybridized carbons (Fsp3) is 1.00. The first-order chi connectivity index (χ1) is 8.36. The zero-order chi connectivity index (χ0) is 14.2. The van der Waals surface area contributed by atoms with Gasteiger partial charge in [0.2, 0.25) is 0 Å². The van der Waals surface area contributed by atoms with Gasteiger partial charge in [-0.2, -0.15) is 0 Å². The molecule has 0 saturated heterocycles. The molecule has 0 aliphatic carbocycles. The minimum absolute atomic E-state index is 0.0244. The van der Waals surface area contributed by atoms with E-state index in [1.807, 2.05) is 0 Å². The Labute approximate surface area is 108 Å². The minimum Gasteiger partial charge on any atom is -0.356 e. The zero-order valence-electron chi connectivity index (χ0n) is 12.0. The van der Waals surface area contributed by atoms with Crippen molar-refractivity contribution in [2.24, 2.45) is 5.73 Å². The van der Waals surface area contributed by atoms with Gasteiger partial charge in [-0.15, -0.1) is 0 Å². The zero-order valence-corrected chi connectivity index (χ0v) is 12.0. The lowest BCUT2D eigenvalue weighted by Gasteiger charge is -2.33. The highest BCUT2D eigenvalue weighted by Crippen LogP contribution is 2.14. The van der Waals surface area contributed by atoms with Crippen molar-refractivity contribution >= 4 is 0 Å². The van der Waals surface area contributed by atoms with Crippen LogP contribution in [0.5, 0.6) is 0 Å². The first-order valence-electron chi connectivity index (χ1n) is 5.71. The van der Waals surface area contributed by atoms with Crippen molar-refractivity contribution in [3.05, 3.63) is 0 Å². The Bertz CT molecular complexity index is 204. The van der Waals surface area contributed by atoms with E-state index in [1.165, 1.54) is 21.3 Å². The van der Waals surface area contributed by atoms with E-state index in [0.29, 0.717) is 0 Å². The summed E-state index contributed by atoms with van der Waals surface area (Å²) in [4.78, 5) is 0. The summed E-state index contributed by atoms with van der Waals surface area (Å²) in [6.07, 6.45) is -1.50. The summed E-state index contributed by atoms with van der Waals surface area (Å²) in [5.74, 6) is -1.47. The van der Waals surface area contributed by atoms with E-state index >= 15 is 0 Å². The van der Waals surface area contributed by atoms with Crippen LogP contribution in [0, 0.1) is 0 Å². The van der Waals surface area contributed by atoms with Crippen molar-refractivity contribution < 1.29 is 28.4 Å². The highest BCUT2D eigenvalue weighted by Gasteiger charge is 2.33. The Morgan fingerprint density at radius 2 is 1.22 bits per heavy atom. The highest BCUT2D eigenvalue weighted by atomic mass is 16.8. The second-order valence-electron chi connectivity index (χ2n) is 3.77. The van der Waals surface area contributed by atoms with Crippen LogP contribution in [-0.2, 0) is 28.4 Å². The van der Waals surface area contributed by atoms with Crippen molar-refractivity contribution in [3.63, 3.8) is 0 Å². The van der Waals surface area contributed by atoms with Crippen molar-refractivity contribution in [2.45, 2.75) is 45.6 Å². The van der Waals surface area contributed by atoms with Gasteiger partial charge in [-0.25, -0.2) is 0 Å². The molecule has 0 aromatic heterocycles. The molecule has 0 heterocycles. The largest absolute Gasteiger partial charge is 0.356 e. The number of hydrogen-bond donors (Lipinski definition) is 1. The van der Waals surface area contributed by atoms with E-state index in [2.05, 4.69) is 0 Å². The molecular formula is C11H25NO6. The van der Waals surface area contributed by atoms with Gasteiger partial charge in [0.1, 0.15) is 6.61 Å². The van der Waals surface area contributed by atoms with Gasteiger partial charge in [0.15, 0.2) is 18.9 Å². The molecule has 0 aromatic rings. The maximum Gasteiger partial charge on any atom is 0.254 e. The summed E-state index contributed by atoms with van der Waals surface area (Å²) in [6.45, 7) is 5.10. The predicted octanol–water partition coefficient (Wildman–Crippen LogP) is 0.626. The van der Waals surface area contributed by atoms with Crippen LogP contribution < -0.4 is 5.73 Å². The maximum absolute atomic E-state index is 5.97. The molecule has 110 valence electrons. The Balaban J connectivity index is 4.47. The molecule has 0 saturated carbocycles. The average molecular weight is 267 g/mol. The summed E-state index contributed by atoms with van der Waals surface area (Å²) in [7, 11) is 4.53. The molecule has 3 unspecified atom stereocenters. The molecule has 0 aliphatic rings. The van der Waals surface area contributed by atoms with Crippen LogP contribution in [0.1, 0.15) is 20.8 Å². The second-order valence-corrected chi connectivity index (χ2v) is 3.77. The van der Waals surface area contributed by atoms with Gasteiger partial charge in [0.25, 0.3) is 5.91 Å². The molecule has 7 heteroatoms. The molecule has 0 radical (unpaired) electrons. The van der Waals surface area contributed by atoms with Crippen molar-refractivity contribution in [1.82, 2.24) is 0 Å².